The van der Waals surface area contributed by atoms with Crippen molar-refractivity contribution in [2.75, 3.05) is 26.2 Å². The maximum absolute atomic E-state index is 12.4. The van der Waals surface area contributed by atoms with E-state index in [9.17, 15) is 18.0 Å². The second-order valence-corrected chi connectivity index (χ2v) is 6.84. The van der Waals surface area contributed by atoms with Crippen LogP contribution in [0.25, 0.3) is 0 Å². The summed E-state index contributed by atoms with van der Waals surface area (Å²) in [5.41, 5.74) is -1.59. The molecular formula is C10H14N4O4S. The number of nitrogens with one attached hydrogen (secondary N) is 3. The van der Waals surface area contributed by atoms with E-state index in [2.05, 4.69) is 10.3 Å². The quantitative estimate of drug-likeness (QED) is 0.576. The molecule has 2 atom stereocenters. The van der Waals surface area contributed by atoms with Gasteiger partial charge in [-0.3, -0.25) is 9.78 Å². The normalized spacial score (nSPS) is 27.6. The largest absolute Gasteiger partial charge is 0.325 e. The Morgan fingerprint density at radius 2 is 1.79 bits per heavy atom. The maximum Gasteiger partial charge on any atom is 0.325 e. The summed E-state index contributed by atoms with van der Waals surface area (Å²) < 4.78 is 26.0. The highest BCUT2D eigenvalue weighted by Crippen LogP contribution is 2.29. The molecule has 2 aliphatic rings. The van der Waals surface area contributed by atoms with Crippen LogP contribution in [0.5, 0.6) is 0 Å². The van der Waals surface area contributed by atoms with E-state index >= 15 is 0 Å². The second kappa shape index (κ2) is 4.29. The molecule has 3 heterocycles. The van der Waals surface area contributed by atoms with Gasteiger partial charge in [-0.2, -0.15) is 4.31 Å². The fourth-order valence-corrected chi connectivity index (χ4v) is 4.28. The van der Waals surface area contributed by atoms with E-state index in [0.29, 0.717) is 24.9 Å². The number of aromatic nitrogens is 2. The van der Waals surface area contributed by atoms with Crippen molar-refractivity contribution in [3.05, 3.63) is 27.0 Å². The molecule has 104 valence electrons. The molecule has 1 aromatic rings. The number of aromatic amines is 2. The van der Waals surface area contributed by atoms with Crippen LogP contribution < -0.4 is 16.6 Å². The number of fused-ring (bicyclic) bond motifs is 1. The van der Waals surface area contributed by atoms with Crippen molar-refractivity contribution in [1.82, 2.24) is 19.6 Å². The van der Waals surface area contributed by atoms with Crippen LogP contribution in [0, 0.1) is 11.8 Å². The third kappa shape index (κ3) is 2.03. The van der Waals surface area contributed by atoms with Gasteiger partial charge in [0.15, 0.2) is 4.90 Å². The van der Waals surface area contributed by atoms with E-state index in [-0.39, 0.29) is 0 Å². The molecule has 2 aliphatic heterocycles. The number of rotatable bonds is 2. The van der Waals surface area contributed by atoms with Crippen LogP contribution in [-0.4, -0.2) is 48.9 Å². The third-order valence-corrected chi connectivity index (χ3v) is 5.60. The van der Waals surface area contributed by atoms with Crippen LogP contribution in [0.3, 0.4) is 0 Å². The predicted octanol–water partition coefficient (Wildman–Crippen LogP) is -2.10. The van der Waals surface area contributed by atoms with Crippen molar-refractivity contribution in [2.24, 2.45) is 11.8 Å². The Morgan fingerprint density at radius 1 is 1.16 bits per heavy atom. The summed E-state index contributed by atoms with van der Waals surface area (Å²) in [5, 5.41) is 3.22. The van der Waals surface area contributed by atoms with Gasteiger partial charge in [-0.1, -0.05) is 0 Å². The molecule has 0 bridgehead atoms. The first-order valence-corrected chi connectivity index (χ1v) is 7.45. The van der Waals surface area contributed by atoms with Gasteiger partial charge in [0.05, 0.1) is 0 Å². The zero-order chi connectivity index (χ0) is 13.6. The monoisotopic (exact) mass is 286 g/mol. The average molecular weight is 286 g/mol. The Morgan fingerprint density at radius 3 is 2.37 bits per heavy atom. The van der Waals surface area contributed by atoms with Gasteiger partial charge in [0.1, 0.15) is 0 Å². The van der Waals surface area contributed by atoms with Crippen molar-refractivity contribution >= 4 is 10.0 Å². The molecule has 2 saturated heterocycles. The van der Waals surface area contributed by atoms with E-state index in [1.165, 1.54) is 4.31 Å². The molecule has 19 heavy (non-hydrogen) atoms. The summed E-state index contributed by atoms with van der Waals surface area (Å²) >= 11 is 0. The Hall–Kier alpha value is -1.45. The fraction of sp³-hybridized carbons (Fsp3) is 0.600. The van der Waals surface area contributed by atoms with Gasteiger partial charge in [0.25, 0.3) is 5.56 Å². The van der Waals surface area contributed by atoms with E-state index in [0.717, 1.165) is 19.3 Å². The van der Waals surface area contributed by atoms with Gasteiger partial charge in [0.2, 0.25) is 10.0 Å². The zero-order valence-corrected chi connectivity index (χ0v) is 10.9. The Labute approximate surface area is 108 Å². The second-order valence-electron chi connectivity index (χ2n) is 4.94. The standard InChI is InChI=1S/C10H14N4O4S/c15-9-8(3-12-10(16)13-9)19(17,18)14-4-6-1-11-2-7(6)5-14/h3,6-7,11H,1-2,4-5H2,(H2,12,13,15,16). The number of H-pyrrole nitrogens is 2. The molecule has 0 aromatic carbocycles. The SMILES string of the molecule is O=c1[nH]cc(S(=O)(=O)N2CC3CNCC3C2)c(=O)[nH]1. The molecule has 8 nitrogen and oxygen atoms in total. The van der Waals surface area contributed by atoms with Crippen LogP contribution in [0.15, 0.2) is 20.7 Å². The lowest BCUT2D eigenvalue weighted by molar-refractivity contribution is 0.446. The molecule has 9 heteroatoms. The number of sulfonamides is 1. The van der Waals surface area contributed by atoms with Crippen molar-refractivity contribution in [3.63, 3.8) is 0 Å². The molecule has 0 spiro atoms. The summed E-state index contributed by atoms with van der Waals surface area (Å²) in [6.07, 6.45) is 0.961. The predicted molar refractivity (Wildman–Crippen MR) is 66.3 cm³/mol. The summed E-state index contributed by atoms with van der Waals surface area (Å²) in [7, 11) is -3.84. The van der Waals surface area contributed by atoms with E-state index in [1.54, 1.807) is 0 Å². The third-order valence-electron chi connectivity index (χ3n) is 3.76. The summed E-state index contributed by atoms with van der Waals surface area (Å²) in [6, 6.07) is 0. The first kappa shape index (κ1) is 12.6. The molecule has 1 aromatic heterocycles. The minimum Gasteiger partial charge on any atom is -0.316 e. The molecule has 2 unspecified atom stereocenters. The molecule has 3 N–H and O–H groups in total. The van der Waals surface area contributed by atoms with Gasteiger partial charge in [-0.25, -0.2) is 13.2 Å². The lowest BCUT2D eigenvalue weighted by atomic mass is 10.0. The average Bonchev–Trinajstić information content (AvgIpc) is 2.87. The fourth-order valence-electron chi connectivity index (χ4n) is 2.74. The van der Waals surface area contributed by atoms with Gasteiger partial charge in [-0.15, -0.1) is 0 Å². The van der Waals surface area contributed by atoms with Crippen LogP contribution in [0.1, 0.15) is 0 Å². The maximum atomic E-state index is 12.4. The smallest absolute Gasteiger partial charge is 0.316 e. The first-order chi connectivity index (χ1) is 8.98. The Kier molecular flexibility index (Phi) is 2.84. The van der Waals surface area contributed by atoms with Gasteiger partial charge in [0, 0.05) is 19.3 Å². The molecule has 0 amide bonds. The Balaban J connectivity index is 1.95. The van der Waals surface area contributed by atoms with Crippen molar-refractivity contribution in [3.8, 4) is 0 Å². The molecule has 3 rings (SSSR count). The van der Waals surface area contributed by atoms with E-state index < -0.39 is 26.2 Å². The molecule has 0 radical (unpaired) electrons. The van der Waals surface area contributed by atoms with Crippen molar-refractivity contribution in [2.45, 2.75) is 4.90 Å². The van der Waals surface area contributed by atoms with E-state index in [1.807, 2.05) is 4.98 Å². The highest BCUT2D eigenvalue weighted by atomic mass is 32.2. The van der Waals surface area contributed by atoms with E-state index in [4.69, 9.17) is 0 Å². The summed E-state index contributed by atoms with van der Waals surface area (Å²) in [5.74, 6) is 0.605. The highest BCUT2D eigenvalue weighted by molar-refractivity contribution is 7.89. The topological polar surface area (TPSA) is 115 Å². The summed E-state index contributed by atoms with van der Waals surface area (Å²) in [6.45, 7) is 2.44. The van der Waals surface area contributed by atoms with Crippen LogP contribution in [0.4, 0.5) is 0 Å². The van der Waals surface area contributed by atoms with Crippen molar-refractivity contribution < 1.29 is 8.42 Å². The van der Waals surface area contributed by atoms with Gasteiger partial charge < -0.3 is 10.3 Å². The zero-order valence-electron chi connectivity index (χ0n) is 10.0. The molecule has 2 fully saturated rings. The highest BCUT2D eigenvalue weighted by Gasteiger charge is 2.42. The van der Waals surface area contributed by atoms with Crippen LogP contribution in [-0.2, 0) is 10.0 Å². The van der Waals surface area contributed by atoms with Crippen LogP contribution in [0.2, 0.25) is 0 Å². The first-order valence-electron chi connectivity index (χ1n) is 6.01. The lowest BCUT2D eigenvalue weighted by Crippen LogP contribution is -2.36. The molecule has 0 saturated carbocycles. The van der Waals surface area contributed by atoms with Gasteiger partial charge in [-0.05, 0) is 24.9 Å². The number of hydrogen-bond donors (Lipinski definition) is 3. The number of hydrogen-bond acceptors (Lipinski definition) is 5. The minimum absolute atomic E-state index is 0.302. The Bertz CT molecular complexity index is 695. The van der Waals surface area contributed by atoms with Crippen LogP contribution >= 0.6 is 0 Å². The van der Waals surface area contributed by atoms with Gasteiger partial charge >= 0.3 is 5.69 Å². The number of nitrogens with zero attached hydrogens (tertiary/aromatic N) is 1. The molecular weight excluding hydrogens is 272 g/mol. The van der Waals surface area contributed by atoms with Crippen molar-refractivity contribution in [1.29, 1.82) is 0 Å². The molecule has 0 aliphatic carbocycles. The lowest BCUT2D eigenvalue weighted by Gasteiger charge is -2.16. The summed E-state index contributed by atoms with van der Waals surface area (Å²) in [4.78, 5) is 26.2. The minimum atomic E-state index is -3.84.